The van der Waals surface area contributed by atoms with Gasteiger partial charge in [-0.2, -0.15) is 5.26 Å². The Morgan fingerprint density at radius 2 is 2.02 bits per heavy atom. The topological polar surface area (TPSA) is 130 Å². The highest BCUT2D eigenvalue weighted by Gasteiger charge is 2.29. The van der Waals surface area contributed by atoms with Gasteiger partial charge in [0.15, 0.2) is 0 Å². The number of anilines is 2. The van der Waals surface area contributed by atoms with Gasteiger partial charge in [0, 0.05) is 40.1 Å². The summed E-state index contributed by atoms with van der Waals surface area (Å²) in [6.45, 7) is 6.43. The van der Waals surface area contributed by atoms with Crippen LogP contribution in [0.1, 0.15) is 67.2 Å². The maximum absolute atomic E-state index is 13.5. The molecule has 1 fully saturated rings. The molecule has 0 aromatic carbocycles. The van der Waals surface area contributed by atoms with Crippen molar-refractivity contribution in [3.63, 3.8) is 0 Å². The van der Waals surface area contributed by atoms with Crippen molar-refractivity contribution in [2.75, 3.05) is 50.7 Å². The summed E-state index contributed by atoms with van der Waals surface area (Å²) in [5.41, 5.74) is 3.79. The molecule has 0 radical (unpaired) electrons. The van der Waals surface area contributed by atoms with Gasteiger partial charge in [-0.05, 0) is 73.8 Å². The molecule has 0 saturated carbocycles. The third kappa shape index (κ3) is 6.87. The number of rotatable bonds is 9. The fourth-order valence-electron chi connectivity index (χ4n) is 5.17. The first-order chi connectivity index (χ1) is 19.3. The van der Waals surface area contributed by atoms with E-state index in [1.165, 1.54) is 6.20 Å². The molecular weight excluding hydrogens is 512 g/mol. The first-order valence-corrected chi connectivity index (χ1v) is 13.8. The van der Waals surface area contributed by atoms with E-state index >= 15 is 0 Å². The van der Waals surface area contributed by atoms with Gasteiger partial charge in [-0.25, -0.2) is 19.6 Å². The summed E-state index contributed by atoms with van der Waals surface area (Å²) in [6.07, 6.45) is 4.72. The second-order valence-corrected chi connectivity index (χ2v) is 10.4. The predicted octanol–water partition coefficient (Wildman–Crippen LogP) is 4.60. The molecule has 2 atom stereocenters. The van der Waals surface area contributed by atoms with E-state index < -0.39 is 0 Å². The fourth-order valence-corrected chi connectivity index (χ4v) is 5.17. The van der Waals surface area contributed by atoms with Crippen molar-refractivity contribution < 1.29 is 23.8 Å². The number of methoxy groups -OCH3 is 2. The number of nitrogens with one attached hydrogen (secondary N) is 1. The van der Waals surface area contributed by atoms with Gasteiger partial charge in [0.05, 0.1) is 30.5 Å². The molecule has 3 amide bonds. The molecule has 214 valence electrons. The molecule has 2 aromatic rings. The lowest BCUT2D eigenvalue weighted by molar-refractivity contribution is 0.107. The van der Waals surface area contributed by atoms with Crippen LogP contribution in [0.4, 0.5) is 21.2 Å². The van der Waals surface area contributed by atoms with Gasteiger partial charge in [-0.3, -0.25) is 10.2 Å². The number of hydrogen-bond donors (Lipinski definition) is 1. The van der Waals surface area contributed by atoms with Gasteiger partial charge in [-0.1, -0.05) is 6.92 Å². The quantitative estimate of drug-likeness (QED) is 0.480. The highest BCUT2D eigenvalue weighted by Crippen LogP contribution is 2.32. The van der Waals surface area contributed by atoms with E-state index in [1.54, 1.807) is 30.1 Å². The van der Waals surface area contributed by atoms with Crippen molar-refractivity contribution in [3.8, 4) is 6.07 Å². The second-order valence-electron chi connectivity index (χ2n) is 10.4. The summed E-state index contributed by atoms with van der Waals surface area (Å²) >= 11 is 0. The Morgan fingerprint density at radius 1 is 1.20 bits per heavy atom. The number of nitrogens with zero attached hydrogens (tertiary/aromatic N) is 5. The zero-order valence-corrected chi connectivity index (χ0v) is 23.7. The monoisotopic (exact) mass is 550 g/mol. The smallest absolute Gasteiger partial charge is 0.410 e. The predicted molar refractivity (Wildman–Crippen MR) is 149 cm³/mol. The fraction of sp³-hybridized carbons (Fsp3) is 0.552. The van der Waals surface area contributed by atoms with E-state index in [9.17, 15) is 14.9 Å². The number of nitriles is 1. The van der Waals surface area contributed by atoms with Crippen molar-refractivity contribution in [3.05, 3.63) is 46.3 Å². The number of pyridine rings is 2. The van der Waals surface area contributed by atoms with Crippen molar-refractivity contribution in [2.45, 2.75) is 58.6 Å². The Hall–Kier alpha value is -3.75. The lowest BCUT2D eigenvalue weighted by Gasteiger charge is -2.31. The molecule has 2 aromatic heterocycles. The molecule has 11 nitrogen and oxygen atoms in total. The molecule has 1 N–H and O–H groups in total. The minimum absolute atomic E-state index is 0.202. The van der Waals surface area contributed by atoms with Crippen LogP contribution in [-0.4, -0.2) is 67.5 Å². The molecule has 4 heterocycles. The maximum atomic E-state index is 13.5. The highest BCUT2D eigenvalue weighted by molar-refractivity contribution is 6.01. The van der Waals surface area contributed by atoms with Gasteiger partial charge < -0.3 is 19.1 Å². The van der Waals surface area contributed by atoms with E-state index in [0.29, 0.717) is 62.2 Å². The Morgan fingerprint density at radius 3 is 2.77 bits per heavy atom. The standard InChI is InChI=1S/C29H38N6O5/c1-19(18-38-3)12-22-14-25(31-16-24(22)15-30)32-28(36)35-10-7-8-21-13-23(26(20(2)39-4)33-27(21)35)17-34-9-5-6-11-40-29(34)37/h13-14,16,19-20H,5-12,17-18H2,1-4H3,(H,31,32,36)/t19-,20?/m0/s1. The minimum atomic E-state index is -0.346. The van der Waals surface area contributed by atoms with E-state index in [1.807, 2.05) is 19.9 Å². The Labute approximate surface area is 235 Å². The molecule has 40 heavy (non-hydrogen) atoms. The zero-order valence-electron chi connectivity index (χ0n) is 23.7. The average Bonchev–Trinajstić information content (AvgIpc) is 3.15. The molecule has 2 aliphatic rings. The summed E-state index contributed by atoms with van der Waals surface area (Å²) in [5.74, 6) is 1.15. The number of fused-ring (bicyclic) bond motifs is 1. The summed E-state index contributed by atoms with van der Waals surface area (Å²) in [6, 6.07) is 5.63. The Balaban J connectivity index is 1.59. The van der Waals surface area contributed by atoms with Crippen molar-refractivity contribution in [1.29, 1.82) is 5.26 Å². The van der Waals surface area contributed by atoms with E-state index in [4.69, 9.17) is 19.2 Å². The minimum Gasteiger partial charge on any atom is -0.449 e. The third-order valence-electron chi connectivity index (χ3n) is 7.29. The van der Waals surface area contributed by atoms with Gasteiger partial charge in [0.2, 0.25) is 0 Å². The van der Waals surface area contributed by atoms with Crippen molar-refractivity contribution in [1.82, 2.24) is 14.9 Å². The summed E-state index contributed by atoms with van der Waals surface area (Å²) in [7, 11) is 3.26. The van der Waals surface area contributed by atoms with Crippen LogP contribution < -0.4 is 10.2 Å². The summed E-state index contributed by atoms with van der Waals surface area (Å²) in [5, 5.41) is 12.4. The molecular formula is C29H38N6O5. The van der Waals surface area contributed by atoms with Gasteiger partial charge in [0.25, 0.3) is 0 Å². The van der Waals surface area contributed by atoms with Crippen molar-refractivity contribution >= 4 is 23.8 Å². The summed E-state index contributed by atoms with van der Waals surface area (Å²) in [4.78, 5) is 38.6. The van der Waals surface area contributed by atoms with Gasteiger partial charge in [-0.15, -0.1) is 0 Å². The largest absolute Gasteiger partial charge is 0.449 e. The Bertz CT molecular complexity index is 1260. The molecule has 4 rings (SSSR count). The SMILES string of the molecule is COC[C@@H](C)Cc1cc(NC(=O)N2CCCc3cc(CN4CCCCOC4=O)c(C(C)OC)nc32)ncc1C#N. The van der Waals surface area contributed by atoms with Crippen LogP contribution >= 0.6 is 0 Å². The summed E-state index contributed by atoms with van der Waals surface area (Å²) < 4.78 is 16.2. The second kappa shape index (κ2) is 13.5. The van der Waals surface area contributed by atoms with Crippen LogP contribution in [0.2, 0.25) is 0 Å². The van der Waals surface area contributed by atoms with Crippen LogP contribution in [0, 0.1) is 17.2 Å². The number of aryl methyl sites for hydroxylation is 1. The number of hydrogen-bond acceptors (Lipinski definition) is 8. The number of amides is 3. The maximum Gasteiger partial charge on any atom is 0.410 e. The molecule has 11 heteroatoms. The Kier molecular flexibility index (Phi) is 9.90. The number of carbonyl (C=O) groups is 2. The molecule has 0 bridgehead atoms. The van der Waals surface area contributed by atoms with Crippen molar-refractivity contribution in [2.24, 2.45) is 5.92 Å². The first kappa shape index (κ1) is 29.2. The number of urea groups is 1. The van der Waals surface area contributed by atoms with E-state index in [2.05, 4.69) is 16.4 Å². The lowest BCUT2D eigenvalue weighted by Crippen LogP contribution is -2.40. The van der Waals surface area contributed by atoms with Gasteiger partial charge in [0.1, 0.15) is 17.7 Å². The molecule has 1 saturated heterocycles. The third-order valence-corrected chi connectivity index (χ3v) is 7.29. The molecule has 2 aliphatic heterocycles. The number of cyclic esters (lactones) is 1. The number of carbonyl (C=O) groups excluding carboxylic acids is 2. The van der Waals surface area contributed by atoms with Gasteiger partial charge >= 0.3 is 12.1 Å². The average molecular weight is 551 g/mol. The lowest BCUT2D eigenvalue weighted by atomic mass is 9.99. The van der Waals surface area contributed by atoms with E-state index in [0.717, 1.165) is 42.4 Å². The zero-order chi connectivity index (χ0) is 28.6. The number of aromatic nitrogens is 2. The molecule has 1 unspecified atom stereocenters. The number of ether oxygens (including phenoxy) is 3. The van der Waals surface area contributed by atoms with Crippen LogP contribution in [0.3, 0.4) is 0 Å². The van der Waals surface area contributed by atoms with Crippen LogP contribution in [0.15, 0.2) is 18.3 Å². The highest BCUT2D eigenvalue weighted by atomic mass is 16.6. The van der Waals surface area contributed by atoms with E-state index in [-0.39, 0.29) is 24.1 Å². The van der Waals surface area contributed by atoms with Crippen LogP contribution in [0.5, 0.6) is 0 Å². The van der Waals surface area contributed by atoms with Crippen LogP contribution in [0.25, 0.3) is 0 Å². The molecule has 0 aliphatic carbocycles. The first-order valence-electron chi connectivity index (χ1n) is 13.8. The molecule has 0 spiro atoms. The van der Waals surface area contributed by atoms with Crippen LogP contribution in [-0.2, 0) is 33.6 Å². The normalized spacial score (nSPS) is 16.8.